The second kappa shape index (κ2) is 9.19. The van der Waals surface area contributed by atoms with Crippen molar-refractivity contribution in [2.24, 2.45) is 0 Å². The van der Waals surface area contributed by atoms with Crippen LogP contribution in [0.2, 0.25) is 10.0 Å². The van der Waals surface area contributed by atoms with Crippen LogP contribution in [0.1, 0.15) is 25.7 Å². The summed E-state index contributed by atoms with van der Waals surface area (Å²) >= 11 is 12.1. The van der Waals surface area contributed by atoms with Crippen LogP contribution in [-0.4, -0.2) is 55.9 Å². The SMILES string of the molecule is O=C(CN(CC1CCCO1)CC1CCCO1)Nc1cc(Cl)ccc1Cl. The van der Waals surface area contributed by atoms with Gasteiger partial charge in [0.1, 0.15) is 0 Å². The predicted octanol–water partition coefficient (Wildman–Crippen LogP) is 3.59. The molecule has 0 bridgehead atoms. The van der Waals surface area contributed by atoms with Gasteiger partial charge in [-0.2, -0.15) is 0 Å². The molecule has 138 valence electrons. The monoisotopic (exact) mass is 386 g/mol. The van der Waals surface area contributed by atoms with Crippen LogP contribution in [0.4, 0.5) is 5.69 Å². The maximum Gasteiger partial charge on any atom is 0.238 e. The van der Waals surface area contributed by atoms with Crippen LogP contribution in [-0.2, 0) is 14.3 Å². The highest BCUT2D eigenvalue weighted by atomic mass is 35.5. The topological polar surface area (TPSA) is 50.8 Å². The molecule has 2 unspecified atom stereocenters. The molecule has 2 atom stereocenters. The molecule has 0 aromatic heterocycles. The average Bonchev–Trinajstić information content (AvgIpc) is 3.25. The quantitative estimate of drug-likeness (QED) is 0.777. The maximum absolute atomic E-state index is 12.5. The third-order valence-electron chi connectivity index (χ3n) is 4.54. The first-order valence-corrected chi connectivity index (χ1v) is 9.56. The van der Waals surface area contributed by atoms with Crippen molar-refractivity contribution in [3.63, 3.8) is 0 Å². The second-order valence-corrected chi connectivity index (χ2v) is 7.48. The van der Waals surface area contributed by atoms with Crippen molar-refractivity contribution in [2.45, 2.75) is 37.9 Å². The molecule has 2 fully saturated rings. The van der Waals surface area contributed by atoms with E-state index in [1.54, 1.807) is 18.2 Å². The number of nitrogens with one attached hydrogen (secondary N) is 1. The van der Waals surface area contributed by atoms with Gasteiger partial charge in [0.2, 0.25) is 5.91 Å². The number of carbonyl (C=O) groups is 1. The normalized spacial score (nSPS) is 23.3. The summed E-state index contributed by atoms with van der Waals surface area (Å²) in [6, 6.07) is 5.03. The summed E-state index contributed by atoms with van der Waals surface area (Å²) in [5.74, 6) is -0.111. The summed E-state index contributed by atoms with van der Waals surface area (Å²) in [6.07, 6.45) is 4.66. The first-order valence-electron chi connectivity index (χ1n) is 8.80. The first-order chi connectivity index (χ1) is 12.1. The van der Waals surface area contributed by atoms with E-state index in [2.05, 4.69) is 10.2 Å². The van der Waals surface area contributed by atoms with Crippen molar-refractivity contribution < 1.29 is 14.3 Å². The van der Waals surface area contributed by atoms with Crippen molar-refractivity contribution in [3.8, 4) is 0 Å². The Labute approximate surface area is 158 Å². The Bertz CT molecular complexity index is 570. The number of benzene rings is 1. The number of nitrogens with zero attached hydrogens (tertiary/aromatic N) is 1. The van der Waals surface area contributed by atoms with Crippen LogP contribution >= 0.6 is 23.2 Å². The van der Waals surface area contributed by atoms with E-state index in [1.807, 2.05) is 0 Å². The molecule has 1 aromatic carbocycles. The largest absolute Gasteiger partial charge is 0.377 e. The van der Waals surface area contributed by atoms with Crippen molar-refractivity contribution in [3.05, 3.63) is 28.2 Å². The van der Waals surface area contributed by atoms with Gasteiger partial charge in [-0.05, 0) is 43.9 Å². The molecule has 0 spiro atoms. The fourth-order valence-corrected chi connectivity index (χ4v) is 3.68. The van der Waals surface area contributed by atoms with Crippen molar-refractivity contribution in [1.29, 1.82) is 0 Å². The number of hydrogen-bond donors (Lipinski definition) is 1. The van der Waals surface area contributed by atoms with Crippen LogP contribution in [0.5, 0.6) is 0 Å². The van der Waals surface area contributed by atoms with Crippen molar-refractivity contribution >= 4 is 34.8 Å². The van der Waals surface area contributed by atoms with Gasteiger partial charge in [-0.15, -0.1) is 0 Å². The van der Waals surface area contributed by atoms with Gasteiger partial charge in [-0.3, -0.25) is 9.69 Å². The Hall–Kier alpha value is -0.850. The molecule has 2 saturated heterocycles. The third-order valence-corrected chi connectivity index (χ3v) is 5.11. The Balaban J connectivity index is 1.58. The van der Waals surface area contributed by atoms with E-state index in [-0.39, 0.29) is 24.7 Å². The minimum atomic E-state index is -0.111. The third kappa shape index (κ3) is 5.83. The van der Waals surface area contributed by atoms with E-state index in [4.69, 9.17) is 32.7 Å². The summed E-state index contributed by atoms with van der Waals surface area (Å²) in [5, 5.41) is 3.86. The Kier molecular flexibility index (Phi) is 6.96. The number of halogens is 2. The van der Waals surface area contributed by atoms with E-state index in [9.17, 15) is 4.79 Å². The van der Waals surface area contributed by atoms with Crippen LogP contribution in [0.3, 0.4) is 0 Å². The molecular weight excluding hydrogens is 363 g/mol. The van der Waals surface area contributed by atoms with Gasteiger partial charge in [-0.1, -0.05) is 23.2 Å². The molecule has 0 radical (unpaired) electrons. The summed E-state index contributed by atoms with van der Waals surface area (Å²) in [7, 11) is 0. The lowest BCUT2D eigenvalue weighted by Gasteiger charge is -2.27. The number of rotatable bonds is 7. The minimum absolute atomic E-state index is 0.111. The predicted molar refractivity (Wildman–Crippen MR) is 99.5 cm³/mol. The standard InChI is InChI=1S/C18H24Cl2N2O3/c19-13-5-6-16(20)17(9-13)21-18(23)12-22(10-14-3-1-7-24-14)11-15-4-2-8-25-15/h5-6,9,14-15H,1-4,7-8,10-12H2,(H,21,23). The molecule has 2 aliphatic heterocycles. The lowest BCUT2D eigenvalue weighted by atomic mass is 10.2. The molecule has 0 saturated carbocycles. The highest BCUT2D eigenvalue weighted by Crippen LogP contribution is 2.25. The average molecular weight is 387 g/mol. The molecule has 3 rings (SSSR count). The van der Waals surface area contributed by atoms with Gasteiger partial charge in [0.25, 0.3) is 0 Å². The van der Waals surface area contributed by atoms with Crippen LogP contribution < -0.4 is 5.32 Å². The van der Waals surface area contributed by atoms with Gasteiger partial charge in [0.05, 0.1) is 29.5 Å². The number of amides is 1. The number of carbonyl (C=O) groups excluding carboxylic acids is 1. The molecule has 1 aromatic rings. The Morgan fingerprint density at radius 3 is 2.32 bits per heavy atom. The van der Waals surface area contributed by atoms with E-state index < -0.39 is 0 Å². The summed E-state index contributed by atoms with van der Waals surface area (Å²) < 4.78 is 11.5. The Morgan fingerprint density at radius 2 is 1.76 bits per heavy atom. The Morgan fingerprint density at radius 1 is 1.12 bits per heavy atom. The van der Waals surface area contributed by atoms with E-state index >= 15 is 0 Å². The van der Waals surface area contributed by atoms with Gasteiger partial charge in [0.15, 0.2) is 0 Å². The molecule has 1 amide bonds. The first kappa shape index (κ1) is 18.9. The van der Waals surface area contributed by atoms with Crippen LogP contribution in [0, 0.1) is 0 Å². The van der Waals surface area contributed by atoms with Crippen molar-refractivity contribution in [1.82, 2.24) is 4.90 Å². The molecular formula is C18H24Cl2N2O3. The molecule has 2 aliphatic rings. The maximum atomic E-state index is 12.5. The molecule has 7 heteroatoms. The van der Waals surface area contributed by atoms with Gasteiger partial charge in [-0.25, -0.2) is 0 Å². The minimum Gasteiger partial charge on any atom is -0.377 e. The molecule has 1 N–H and O–H groups in total. The zero-order chi connectivity index (χ0) is 17.6. The second-order valence-electron chi connectivity index (χ2n) is 6.64. The zero-order valence-corrected chi connectivity index (χ0v) is 15.7. The number of hydrogen-bond acceptors (Lipinski definition) is 4. The number of ether oxygens (including phenoxy) is 2. The summed E-state index contributed by atoms with van der Waals surface area (Å²) in [4.78, 5) is 14.6. The highest BCUT2D eigenvalue weighted by molar-refractivity contribution is 6.35. The van der Waals surface area contributed by atoms with Gasteiger partial charge in [0, 0.05) is 31.3 Å². The summed E-state index contributed by atoms with van der Waals surface area (Å²) in [6.45, 7) is 3.39. The number of anilines is 1. The van der Waals surface area contributed by atoms with E-state index in [0.29, 0.717) is 15.7 Å². The molecule has 0 aliphatic carbocycles. The van der Waals surface area contributed by atoms with Gasteiger partial charge >= 0.3 is 0 Å². The molecule has 5 nitrogen and oxygen atoms in total. The van der Waals surface area contributed by atoms with Crippen LogP contribution in [0.15, 0.2) is 18.2 Å². The lowest BCUT2D eigenvalue weighted by Crippen LogP contribution is -2.42. The smallest absolute Gasteiger partial charge is 0.238 e. The fourth-order valence-electron chi connectivity index (χ4n) is 3.34. The highest BCUT2D eigenvalue weighted by Gasteiger charge is 2.25. The van der Waals surface area contributed by atoms with E-state index in [0.717, 1.165) is 52.0 Å². The molecule has 2 heterocycles. The van der Waals surface area contributed by atoms with Crippen molar-refractivity contribution in [2.75, 3.05) is 38.2 Å². The van der Waals surface area contributed by atoms with Gasteiger partial charge < -0.3 is 14.8 Å². The lowest BCUT2D eigenvalue weighted by molar-refractivity contribution is -0.118. The summed E-state index contributed by atoms with van der Waals surface area (Å²) in [5.41, 5.74) is 0.536. The zero-order valence-electron chi connectivity index (χ0n) is 14.2. The van der Waals surface area contributed by atoms with E-state index in [1.165, 1.54) is 0 Å². The fraction of sp³-hybridized carbons (Fsp3) is 0.611. The molecule has 25 heavy (non-hydrogen) atoms. The van der Waals surface area contributed by atoms with Crippen LogP contribution in [0.25, 0.3) is 0 Å².